The van der Waals surface area contributed by atoms with Crippen molar-refractivity contribution >= 4 is 11.8 Å². The second-order valence-electron chi connectivity index (χ2n) is 7.40. The Morgan fingerprint density at radius 1 is 1.03 bits per heavy atom. The second-order valence-corrected chi connectivity index (χ2v) is 7.40. The first-order chi connectivity index (χ1) is 13.5. The van der Waals surface area contributed by atoms with Crippen molar-refractivity contribution in [2.45, 2.75) is 39.5 Å². The molecule has 0 saturated heterocycles. The number of alkyl halides is 3. The van der Waals surface area contributed by atoms with Crippen molar-refractivity contribution in [2.24, 2.45) is 5.92 Å². The first-order valence-electron chi connectivity index (χ1n) is 9.28. The summed E-state index contributed by atoms with van der Waals surface area (Å²) in [5.41, 5.74) is 1.14. The van der Waals surface area contributed by atoms with Gasteiger partial charge in [-0.15, -0.1) is 0 Å². The third-order valence-electron chi connectivity index (χ3n) is 4.69. The van der Waals surface area contributed by atoms with Gasteiger partial charge in [-0.2, -0.15) is 13.2 Å². The van der Waals surface area contributed by atoms with E-state index in [4.69, 9.17) is 0 Å². The molecule has 0 aliphatic rings. The van der Waals surface area contributed by atoms with Crippen molar-refractivity contribution in [1.29, 1.82) is 0 Å². The number of halogens is 3. The van der Waals surface area contributed by atoms with E-state index in [2.05, 4.69) is 5.32 Å². The molecule has 0 aliphatic carbocycles. The average molecular weight is 406 g/mol. The van der Waals surface area contributed by atoms with Crippen LogP contribution in [0.15, 0.2) is 48.5 Å². The SMILES string of the molecule is Cc1ccccc1C(=O)N[C@H](C(=O)N(C)Cc1ccc(C(F)(F)F)cc1)C(C)C. The van der Waals surface area contributed by atoms with E-state index in [1.165, 1.54) is 17.0 Å². The molecule has 0 aromatic heterocycles. The van der Waals surface area contributed by atoms with E-state index in [0.29, 0.717) is 11.1 Å². The fourth-order valence-electron chi connectivity index (χ4n) is 2.95. The summed E-state index contributed by atoms with van der Waals surface area (Å²) in [4.78, 5) is 26.9. The van der Waals surface area contributed by atoms with Crippen LogP contribution in [0.3, 0.4) is 0 Å². The Balaban J connectivity index is 2.10. The number of hydrogen-bond acceptors (Lipinski definition) is 2. The number of likely N-dealkylation sites (N-methyl/N-ethyl adjacent to an activating group) is 1. The fraction of sp³-hybridized carbons (Fsp3) is 0.364. The summed E-state index contributed by atoms with van der Waals surface area (Å²) in [6, 6.07) is 11.0. The van der Waals surface area contributed by atoms with Crippen LogP contribution in [0.25, 0.3) is 0 Å². The smallest absolute Gasteiger partial charge is 0.340 e. The van der Waals surface area contributed by atoms with Crippen molar-refractivity contribution in [3.63, 3.8) is 0 Å². The highest BCUT2D eigenvalue weighted by molar-refractivity contribution is 5.98. The topological polar surface area (TPSA) is 49.4 Å². The third kappa shape index (κ3) is 5.82. The molecular weight excluding hydrogens is 381 g/mol. The van der Waals surface area contributed by atoms with Crippen LogP contribution >= 0.6 is 0 Å². The first-order valence-corrected chi connectivity index (χ1v) is 9.28. The van der Waals surface area contributed by atoms with Gasteiger partial charge in [0.1, 0.15) is 6.04 Å². The predicted octanol–water partition coefficient (Wildman–Crippen LogP) is 4.43. The Morgan fingerprint density at radius 2 is 1.62 bits per heavy atom. The van der Waals surface area contributed by atoms with Crippen molar-refractivity contribution in [3.8, 4) is 0 Å². The molecule has 2 rings (SSSR count). The predicted molar refractivity (Wildman–Crippen MR) is 105 cm³/mol. The van der Waals surface area contributed by atoms with E-state index in [-0.39, 0.29) is 24.3 Å². The van der Waals surface area contributed by atoms with E-state index in [0.717, 1.165) is 17.7 Å². The van der Waals surface area contributed by atoms with Crippen molar-refractivity contribution < 1.29 is 22.8 Å². The van der Waals surface area contributed by atoms with Crippen molar-refractivity contribution in [2.75, 3.05) is 7.05 Å². The lowest BCUT2D eigenvalue weighted by Gasteiger charge is -2.27. The number of amides is 2. The molecule has 156 valence electrons. The van der Waals surface area contributed by atoms with Gasteiger partial charge in [0, 0.05) is 19.2 Å². The molecule has 7 heteroatoms. The quantitative estimate of drug-likeness (QED) is 0.772. The van der Waals surface area contributed by atoms with Crippen molar-refractivity contribution in [3.05, 3.63) is 70.8 Å². The molecule has 0 saturated carbocycles. The zero-order chi connectivity index (χ0) is 21.8. The van der Waals surface area contributed by atoms with Crippen LogP contribution < -0.4 is 5.32 Å². The molecule has 0 aliphatic heterocycles. The van der Waals surface area contributed by atoms with Gasteiger partial charge in [-0.05, 0) is 42.2 Å². The van der Waals surface area contributed by atoms with Crippen LogP contribution in [-0.4, -0.2) is 29.8 Å². The van der Waals surface area contributed by atoms with Gasteiger partial charge in [-0.1, -0.05) is 44.2 Å². The zero-order valence-corrected chi connectivity index (χ0v) is 16.9. The molecule has 29 heavy (non-hydrogen) atoms. The standard InChI is InChI=1S/C22H25F3N2O2/c1-14(2)19(26-20(28)18-8-6-5-7-15(18)3)21(29)27(4)13-16-9-11-17(12-10-16)22(23,24)25/h5-12,14,19H,13H2,1-4H3,(H,26,28)/t19-/m0/s1. The maximum absolute atomic E-state index is 12.9. The number of hydrogen-bond donors (Lipinski definition) is 1. The number of carbonyl (C=O) groups is 2. The zero-order valence-electron chi connectivity index (χ0n) is 16.9. The minimum absolute atomic E-state index is 0.139. The lowest BCUT2D eigenvalue weighted by Crippen LogP contribution is -2.50. The van der Waals surface area contributed by atoms with Gasteiger partial charge in [-0.25, -0.2) is 0 Å². The normalized spacial score (nSPS) is 12.6. The summed E-state index contributed by atoms with van der Waals surface area (Å²) >= 11 is 0. The molecule has 2 aromatic carbocycles. The fourth-order valence-corrected chi connectivity index (χ4v) is 2.95. The summed E-state index contributed by atoms with van der Waals surface area (Å²) in [6.45, 7) is 5.61. The molecule has 2 aromatic rings. The molecule has 0 bridgehead atoms. The maximum Gasteiger partial charge on any atom is 0.416 e. The summed E-state index contributed by atoms with van der Waals surface area (Å²) in [7, 11) is 1.56. The molecule has 1 N–H and O–H groups in total. The van der Waals surface area contributed by atoms with Gasteiger partial charge < -0.3 is 10.2 Å². The minimum Gasteiger partial charge on any atom is -0.340 e. The number of carbonyl (C=O) groups excluding carboxylic acids is 2. The molecule has 0 radical (unpaired) electrons. The van der Waals surface area contributed by atoms with Gasteiger partial charge in [0.15, 0.2) is 0 Å². The third-order valence-corrected chi connectivity index (χ3v) is 4.69. The van der Waals surface area contributed by atoms with Gasteiger partial charge in [0.25, 0.3) is 5.91 Å². The van der Waals surface area contributed by atoms with Crippen molar-refractivity contribution in [1.82, 2.24) is 10.2 Å². The Labute approximate surface area is 168 Å². The molecule has 1 atom stereocenters. The van der Waals surface area contributed by atoms with E-state index in [1.807, 2.05) is 32.9 Å². The van der Waals surface area contributed by atoms with E-state index in [1.54, 1.807) is 19.2 Å². The summed E-state index contributed by atoms with van der Waals surface area (Å²) in [6.07, 6.45) is -4.40. The molecular formula is C22H25F3N2O2. The Kier molecular flexibility index (Phi) is 7.06. The lowest BCUT2D eigenvalue weighted by molar-refractivity contribution is -0.137. The summed E-state index contributed by atoms with van der Waals surface area (Å²) < 4.78 is 38.1. The van der Waals surface area contributed by atoms with E-state index >= 15 is 0 Å². The molecule has 0 unspecified atom stereocenters. The average Bonchev–Trinajstić information content (AvgIpc) is 2.65. The molecule has 2 amide bonds. The van der Waals surface area contributed by atoms with Gasteiger partial charge in [-0.3, -0.25) is 9.59 Å². The second kappa shape index (κ2) is 9.11. The molecule has 0 fully saturated rings. The van der Waals surface area contributed by atoms with Crippen LogP contribution in [0, 0.1) is 12.8 Å². The van der Waals surface area contributed by atoms with Crippen LogP contribution in [0.2, 0.25) is 0 Å². The first kappa shape index (κ1) is 22.5. The number of rotatable bonds is 6. The molecule has 0 spiro atoms. The van der Waals surface area contributed by atoms with Gasteiger partial charge >= 0.3 is 6.18 Å². The lowest BCUT2D eigenvalue weighted by atomic mass is 10.0. The Morgan fingerprint density at radius 3 is 2.14 bits per heavy atom. The van der Waals surface area contributed by atoms with Crippen LogP contribution in [0.1, 0.15) is 40.9 Å². The van der Waals surface area contributed by atoms with Crippen LogP contribution in [0.5, 0.6) is 0 Å². The maximum atomic E-state index is 12.9. The minimum atomic E-state index is -4.40. The number of aryl methyl sites for hydroxylation is 1. The highest BCUT2D eigenvalue weighted by atomic mass is 19.4. The van der Waals surface area contributed by atoms with Crippen LogP contribution in [0.4, 0.5) is 13.2 Å². The Hall–Kier alpha value is -2.83. The highest BCUT2D eigenvalue weighted by Gasteiger charge is 2.30. The van der Waals surface area contributed by atoms with E-state index < -0.39 is 17.8 Å². The van der Waals surface area contributed by atoms with Gasteiger partial charge in [0.2, 0.25) is 5.91 Å². The molecule has 4 nitrogen and oxygen atoms in total. The van der Waals surface area contributed by atoms with Crippen LogP contribution in [-0.2, 0) is 17.5 Å². The summed E-state index contributed by atoms with van der Waals surface area (Å²) in [5, 5.41) is 2.79. The Bertz CT molecular complexity index is 861. The largest absolute Gasteiger partial charge is 0.416 e. The van der Waals surface area contributed by atoms with E-state index in [9.17, 15) is 22.8 Å². The summed E-state index contributed by atoms with van der Waals surface area (Å²) in [5.74, 6) is -0.801. The number of nitrogens with zero attached hydrogens (tertiary/aromatic N) is 1. The highest BCUT2D eigenvalue weighted by Crippen LogP contribution is 2.29. The monoisotopic (exact) mass is 406 g/mol. The molecule has 0 heterocycles. The number of benzene rings is 2. The number of nitrogens with one attached hydrogen (secondary N) is 1. The van der Waals surface area contributed by atoms with Gasteiger partial charge in [0.05, 0.1) is 5.56 Å².